The van der Waals surface area contributed by atoms with Gasteiger partial charge in [0.15, 0.2) is 6.54 Å². The Kier molecular flexibility index (Phi) is 11.2. The summed E-state index contributed by atoms with van der Waals surface area (Å²) in [4.78, 5) is 29.0. The zero-order valence-electron chi connectivity index (χ0n) is 22.8. The van der Waals surface area contributed by atoms with Crippen molar-refractivity contribution in [3.63, 3.8) is 0 Å². The van der Waals surface area contributed by atoms with Crippen molar-refractivity contribution in [1.29, 1.82) is 5.41 Å². The number of nitrogens with zero attached hydrogens (tertiary/aromatic N) is 1. The van der Waals surface area contributed by atoms with E-state index in [1.807, 2.05) is 0 Å². The molecule has 0 radical (unpaired) electrons. The average molecular weight is 609 g/mol. The molecule has 0 aliphatic heterocycles. The maximum absolute atomic E-state index is 14.2. The van der Waals surface area contributed by atoms with Crippen molar-refractivity contribution in [3.05, 3.63) is 101 Å². The van der Waals surface area contributed by atoms with Gasteiger partial charge in [0.1, 0.15) is 29.4 Å². The molecule has 2 amide bonds. The zero-order chi connectivity index (χ0) is 31.7. The van der Waals surface area contributed by atoms with Crippen LogP contribution in [-0.4, -0.2) is 48.4 Å². The van der Waals surface area contributed by atoms with Crippen LogP contribution in [0.25, 0.3) is 11.1 Å². The number of quaternary nitrogens is 1. The van der Waals surface area contributed by atoms with Crippen LogP contribution in [0, 0.1) is 22.9 Å². The summed E-state index contributed by atoms with van der Waals surface area (Å²) in [7, 11) is 0. The molecule has 1 atom stereocenters. The Morgan fingerprint density at radius 2 is 1.81 bits per heavy atom. The van der Waals surface area contributed by atoms with Crippen molar-refractivity contribution in [2.45, 2.75) is 25.6 Å². The van der Waals surface area contributed by atoms with E-state index in [4.69, 9.17) is 15.9 Å². The van der Waals surface area contributed by atoms with E-state index in [9.17, 15) is 35.9 Å². The summed E-state index contributed by atoms with van der Waals surface area (Å²) in [5.41, 5.74) is 3.78. The molecule has 1 aromatic heterocycles. The number of hydrogen-bond acceptors (Lipinski definition) is 5. The van der Waals surface area contributed by atoms with E-state index in [2.05, 4.69) is 10.3 Å². The van der Waals surface area contributed by atoms with Gasteiger partial charge in [0.05, 0.1) is 29.5 Å². The zero-order valence-corrected chi connectivity index (χ0v) is 22.8. The molecular formula is C29H28F6N5O3+. The Labute approximate surface area is 242 Å². The first-order chi connectivity index (χ1) is 20.3. The molecule has 3 aromatic rings. The second-order valence-corrected chi connectivity index (χ2v) is 9.24. The standard InChI is InChI=1S/C29H27F6N5O3/c1-2-43-15-18(27(36)29(33,34)35)13-38-14-25(41)40-24(10-16-8-19(30)12-20(31)9-16)26-21(4-3-7-39-26)17-5-6-23(32)22(11-17)28(37)42/h3-9,11-13,24,36,38H,2,10,14-15H2,1H3,(H2,37,42)(H,40,41)/p+1/b18-13-,36-27?. The first kappa shape index (κ1) is 32.9. The number of carbonyl (C=O) groups is 2. The molecule has 2 aromatic carbocycles. The molecule has 43 heavy (non-hydrogen) atoms. The number of benzene rings is 2. The van der Waals surface area contributed by atoms with Gasteiger partial charge in [-0.05, 0) is 54.8 Å². The van der Waals surface area contributed by atoms with Crippen molar-refractivity contribution < 1.29 is 46.0 Å². The lowest BCUT2D eigenvalue weighted by atomic mass is 9.94. The van der Waals surface area contributed by atoms with Crippen LogP contribution in [-0.2, 0) is 16.0 Å². The fourth-order valence-corrected chi connectivity index (χ4v) is 4.16. The fourth-order valence-electron chi connectivity index (χ4n) is 4.16. The number of ether oxygens (including phenoxy) is 1. The van der Waals surface area contributed by atoms with E-state index in [1.165, 1.54) is 18.3 Å². The molecule has 0 saturated heterocycles. The van der Waals surface area contributed by atoms with Crippen LogP contribution in [0.4, 0.5) is 26.3 Å². The number of nitrogens with one attached hydrogen (secondary N) is 2. The van der Waals surface area contributed by atoms with Gasteiger partial charge in [0.2, 0.25) is 0 Å². The number of amides is 2. The van der Waals surface area contributed by atoms with E-state index >= 15 is 0 Å². The second-order valence-electron chi connectivity index (χ2n) is 9.24. The lowest BCUT2D eigenvalue weighted by molar-refractivity contribution is -0.576. The highest BCUT2D eigenvalue weighted by Crippen LogP contribution is 2.30. The third-order valence-electron chi connectivity index (χ3n) is 6.10. The number of primary amides is 1. The number of alkyl halides is 3. The van der Waals surface area contributed by atoms with Gasteiger partial charge in [-0.2, -0.15) is 13.2 Å². The van der Waals surface area contributed by atoms with Crippen LogP contribution in [0.3, 0.4) is 0 Å². The summed E-state index contributed by atoms with van der Waals surface area (Å²) in [6.45, 7) is 0.748. The fraction of sp³-hybridized carbons (Fsp3) is 0.241. The molecule has 8 nitrogen and oxygen atoms in total. The first-order valence-corrected chi connectivity index (χ1v) is 12.8. The van der Waals surface area contributed by atoms with Crippen LogP contribution in [0.1, 0.15) is 34.6 Å². The minimum atomic E-state index is -4.92. The van der Waals surface area contributed by atoms with Gasteiger partial charge >= 0.3 is 6.18 Å². The SMILES string of the molecule is CCOC/C(=C/[NH2+]CC(=O)NC(Cc1cc(F)cc(F)c1)c1ncccc1-c1ccc(F)c(C(N)=O)c1)C(=N)C(F)(F)F. The highest BCUT2D eigenvalue weighted by Gasteiger charge is 2.37. The van der Waals surface area contributed by atoms with Crippen molar-refractivity contribution in [1.82, 2.24) is 10.3 Å². The molecule has 1 unspecified atom stereocenters. The topological polar surface area (TPSA) is 135 Å². The third-order valence-corrected chi connectivity index (χ3v) is 6.10. The largest absolute Gasteiger partial charge is 0.433 e. The summed E-state index contributed by atoms with van der Waals surface area (Å²) in [5, 5.41) is 11.2. The molecule has 0 spiro atoms. The van der Waals surface area contributed by atoms with Gasteiger partial charge in [0, 0.05) is 24.4 Å². The van der Waals surface area contributed by atoms with Crippen LogP contribution in [0.2, 0.25) is 0 Å². The van der Waals surface area contributed by atoms with E-state index in [0.717, 1.165) is 29.7 Å². The number of rotatable bonds is 13. The maximum atomic E-state index is 14.2. The molecule has 0 aliphatic carbocycles. The Morgan fingerprint density at radius 3 is 2.44 bits per heavy atom. The van der Waals surface area contributed by atoms with Gasteiger partial charge in [-0.15, -0.1) is 0 Å². The van der Waals surface area contributed by atoms with E-state index in [0.29, 0.717) is 17.2 Å². The van der Waals surface area contributed by atoms with Crippen LogP contribution in [0.5, 0.6) is 0 Å². The van der Waals surface area contributed by atoms with Crippen LogP contribution >= 0.6 is 0 Å². The highest BCUT2D eigenvalue weighted by atomic mass is 19.4. The molecule has 0 bridgehead atoms. The van der Waals surface area contributed by atoms with E-state index < -0.39 is 71.5 Å². The monoisotopic (exact) mass is 608 g/mol. The first-order valence-electron chi connectivity index (χ1n) is 12.8. The van der Waals surface area contributed by atoms with Crippen molar-refractivity contribution in [2.24, 2.45) is 5.73 Å². The van der Waals surface area contributed by atoms with Crippen molar-refractivity contribution in [2.75, 3.05) is 19.8 Å². The van der Waals surface area contributed by atoms with Gasteiger partial charge in [-0.3, -0.25) is 20.0 Å². The smallest absolute Gasteiger partial charge is 0.377 e. The Balaban J connectivity index is 1.95. The van der Waals surface area contributed by atoms with Gasteiger partial charge in [-0.1, -0.05) is 12.1 Å². The Bertz CT molecular complexity index is 1510. The third kappa shape index (κ3) is 9.21. The quantitative estimate of drug-likeness (QED) is 0.174. The minimum Gasteiger partial charge on any atom is -0.377 e. The normalized spacial score (nSPS) is 12.6. The van der Waals surface area contributed by atoms with Crippen LogP contribution < -0.4 is 16.4 Å². The number of nitrogens with two attached hydrogens (primary N) is 2. The number of pyridine rings is 1. The molecule has 0 saturated carbocycles. The van der Waals surface area contributed by atoms with Crippen molar-refractivity contribution >= 4 is 17.5 Å². The van der Waals surface area contributed by atoms with Gasteiger partial charge in [-0.25, -0.2) is 13.2 Å². The number of aromatic nitrogens is 1. The molecule has 0 aliphatic rings. The summed E-state index contributed by atoms with van der Waals surface area (Å²) in [5.74, 6) is -4.29. The number of carbonyl (C=O) groups excluding carboxylic acids is 2. The maximum Gasteiger partial charge on any atom is 0.433 e. The summed E-state index contributed by atoms with van der Waals surface area (Å²) in [6, 6.07) is 8.46. The summed E-state index contributed by atoms with van der Waals surface area (Å²) < 4.78 is 86.4. The van der Waals surface area contributed by atoms with Gasteiger partial charge < -0.3 is 21.1 Å². The number of halogens is 6. The van der Waals surface area contributed by atoms with E-state index in [1.54, 1.807) is 19.1 Å². The lowest BCUT2D eigenvalue weighted by Gasteiger charge is -2.21. The molecule has 6 N–H and O–H groups in total. The molecule has 14 heteroatoms. The number of hydrogen-bond donors (Lipinski definition) is 4. The molecule has 228 valence electrons. The second kappa shape index (κ2) is 14.6. The van der Waals surface area contributed by atoms with E-state index in [-0.39, 0.29) is 24.3 Å². The molecule has 0 fully saturated rings. The predicted molar refractivity (Wildman–Crippen MR) is 144 cm³/mol. The lowest BCUT2D eigenvalue weighted by Crippen LogP contribution is -2.81. The Hall–Kier alpha value is -4.56. The van der Waals surface area contributed by atoms with Crippen molar-refractivity contribution in [3.8, 4) is 11.1 Å². The van der Waals surface area contributed by atoms with Crippen LogP contribution in [0.15, 0.2) is 66.5 Å². The molecule has 3 rings (SSSR count). The summed E-state index contributed by atoms with van der Waals surface area (Å²) in [6.07, 6.45) is -2.73. The molecule has 1 heterocycles. The summed E-state index contributed by atoms with van der Waals surface area (Å²) >= 11 is 0. The predicted octanol–water partition coefficient (Wildman–Crippen LogP) is 3.73. The molecular weight excluding hydrogens is 580 g/mol. The average Bonchev–Trinajstić information content (AvgIpc) is 2.93. The van der Waals surface area contributed by atoms with Gasteiger partial charge in [0.25, 0.3) is 11.8 Å². The highest BCUT2D eigenvalue weighted by molar-refractivity contribution is 6.01. The Morgan fingerprint density at radius 1 is 1.12 bits per heavy atom. The minimum absolute atomic E-state index is 0.104.